The molecule has 2 aromatic carbocycles. The van der Waals surface area contributed by atoms with Crippen LogP contribution in [0.4, 0.5) is 5.69 Å². The first kappa shape index (κ1) is 16.6. The number of methoxy groups -OCH3 is 2. The molecule has 1 aliphatic rings. The fraction of sp³-hybridized carbons (Fsp3) is 0.278. The fourth-order valence-electron chi connectivity index (χ4n) is 2.97. The highest BCUT2D eigenvalue weighted by Gasteiger charge is 2.31. The van der Waals surface area contributed by atoms with Gasteiger partial charge in [-0.1, -0.05) is 17.7 Å². The number of anilines is 1. The molecule has 3 rings (SSSR count). The summed E-state index contributed by atoms with van der Waals surface area (Å²) in [7, 11) is 3.03. The molecule has 1 amide bonds. The number of halogens is 1. The van der Waals surface area contributed by atoms with Gasteiger partial charge in [0, 0.05) is 22.8 Å². The smallest absolute Gasteiger partial charge is 0.265 e. The zero-order valence-corrected chi connectivity index (χ0v) is 14.2. The van der Waals surface area contributed by atoms with E-state index in [0.717, 1.165) is 0 Å². The number of hydrogen-bond donors (Lipinski definition) is 1. The van der Waals surface area contributed by atoms with Crippen LogP contribution in [0.25, 0.3) is 0 Å². The third-order valence-corrected chi connectivity index (χ3v) is 4.39. The molecule has 0 fully saturated rings. The van der Waals surface area contributed by atoms with Gasteiger partial charge in [0.15, 0.2) is 0 Å². The van der Waals surface area contributed by atoms with Crippen molar-refractivity contribution in [3.8, 4) is 11.5 Å². The molecule has 0 radical (unpaired) electrons. The van der Waals surface area contributed by atoms with E-state index in [-0.39, 0.29) is 5.91 Å². The Bertz CT molecular complexity index is 755. The van der Waals surface area contributed by atoms with Crippen LogP contribution in [-0.4, -0.2) is 31.8 Å². The van der Waals surface area contributed by atoms with Gasteiger partial charge < -0.3 is 19.5 Å². The van der Waals surface area contributed by atoms with E-state index in [1.54, 1.807) is 41.3 Å². The molecule has 1 atom stereocenters. The molecule has 0 spiro atoms. The van der Waals surface area contributed by atoms with Crippen molar-refractivity contribution in [2.75, 3.05) is 25.7 Å². The number of aliphatic hydroxyl groups is 1. The van der Waals surface area contributed by atoms with E-state index in [1.807, 2.05) is 0 Å². The molecule has 1 aliphatic heterocycles. The van der Waals surface area contributed by atoms with Crippen LogP contribution in [0.1, 0.15) is 28.4 Å². The first-order valence-corrected chi connectivity index (χ1v) is 7.95. The van der Waals surface area contributed by atoms with Gasteiger partial charge >= 0.3 is 0 Å². The summed E-state index contributed by atoms with van der Waals surface area (Å²) in [5.41, 5.74) is 1.66. The molecular formula is C18H18ClNO4. The summed E-state index contributed by atoms with van der Waals surface area (Å²) in [6, 6.07) is 10.4. The van der Waals surface area contributed by atoms with E-state index in [0.29, 0.717) is 46.3 Å². The summed E-state index contributed by atoms with van der Waals surface area (Å²) >= 11 is 6.03. The second kappa shape index (κ2) is 6.71. The van der Waals surface area contributed by atoms with E-state index in [9.17, 15) is 9.90 Å². The van der Waals surface area contributed by atoms with Crippen LogP contribution in [0.3, 0.4) is 0 Å². The third kappa shape index (κ3) is 2.81. The SMILES string of the molecule is COc1cccc(OC)c1C(=O)N1CCC(O)c2cc(Cl)ccc21. The molecule has 1 unspecified atom stereocenters. The zero-order valence-electron chi connectivity index (χ0n) is 13.5. The molecule has 2 aromatic rings. The number of ether oxygens (including phenoxy) is 2. The van der Waals surface area contributed by atoms with E-state index in [1.165, 1.54) is 14.2 Å². The van der Waals surface area contributed by atoms with Gasteiger partial charge in [-0.2, -0.15) is 0 Å². The van der Waals surface area contributed by atoms with E-state index < -0.39 is 6.10 Å². The van der Waals surface area contributed by atoms with Crippen LogP contribution in [0.5, 0.6) is 11.5 Å². The first-order valence-electron chi connectivity index (χ1n) is 7.57. The lowest BCUT2D eigenvalue weighted by Crippen LogP contribution is -2.37. The monoisotopic (exact) mass is 347 g/mol. The molecule has 0 saturated carbocycles. The summed E-state index contributed by atoms with van der Waals surface area (Å²) in [6.07, 6.45) is -0.196. The Balaban J connectivity index is 2.08. The highest BCUT2D eigenvalue weighted by molar-refractivity contribution is 6.30. The van der Waals surface area contributed by atoms with E-state index in [2.05, 4.69) is 0 Å². The van der Waals surface area contributed by atoms with E-state index >= 15 is 0 Å². The van der Waals surface area contributed by atoms with Crippen LogP contribution >= 0.6 is 11.6 Å². The van der Waals surface area contributed by atoms with Crippen molar-refractivity contribution in [2.24, 2.45) is 0 Å². The quantitative estimate of drug-likeness (QED) is 0.924. The van der Waals surface area contributed by atoms with Gasteiger partial charge in [-0.3, -0.25) is 4.79 Å². The lowest BCUT2D eigenvalue weighted by molar-refractivity contribution is 0.0964. The second-order valence-corrected chi connectivity index (χ2v) is 5.94. The minimum Gasteiger partial charge on any atom is -0.496 e. The van der Waals surface area contributed by atoms with Crippen molar-refractivity contribution in [3.05, 3.63) is 52.5 Å². The molecule has 0 saturated heterocycles. The molecule has 126 valence electrons. The van der Waals surface area contributed by atoms with Crippen LogP contribution in [-0.2, 0) is 0 Å². The Morgan fingerprint density at radius 1 is 1.21 bits per heavy atom. The first-order chi connectivity index (χ1) is 11.6. The third-order valence-electron chi connectivity index (χ3n) is 4.15. The Kier molecular flexibility index (Phi) is 4.64. The van der Waals surface area contributed by atoms with Gasteiger partial charge in [0.1, 0.15) is 17.1 Å². The number of fused-ring (bicyclic) bond motifs is 1. The Labute approximate surface area is 145 Å². The van der Waals surface area contributed by atoms with Crippen molar-refractivity contribution in [2.45, 2.75) is 12.5 Å². The van der Waals surface area contributed by atoms with Crippen LogP contribution < -0.4 is 14.4 Å². The normalized spacial score (nSPS) is 16.5. The van der Waals surface area contributed by atoms with E-state index in [4.69, 9.17) is 21.1 Å². The number of nitrogens with zero attached hydrogens (tertiary/aromatic N) is 1. The lowest BCUT2D eigenvalue weighted by Gasteiger charge is -2.33. The van der Waals surface area contributed by atoms with Crippen molar-refractivity contribution >= 4 is 23.2 Å². The minimum absolute atomic E-state index is 0.236. The van der Waals surface area contributed by atoms with Crippen LogP contribution in [0.15, 0.2) is 36.4 Å². The average Bonchev–Trinajstić information content (AvgIpc) is 2.61. The van der Waals surface area contributed by atoms with Crippen molar-refractivity contribution < 1.29 is 19.4 Å². The Hall–Kier alpha value is -2.24. The fourth-order valence-corrected chi connectivity index (χ4v) is 3.15. The lowest BCUT2D eigenvalue weighted by atomic mass is 9.97. The summed E-state index contributed by atoms with van der Waals surface area (Å²) in [5.74, 6) is 0.654. The maximum absolute atomic E-state index is 13.2. The molecule has 5 nitrogen and oxygen atoms in total. The number of aliphatic hydroxyl groups excluding tert-OH is 1. The molecular weight excluding hydrogens is 330 g/mol. The number of carbonyl (C=O) groups is 1. The number of amides is 1. The molecule has 1 heterocycles. The van der Waals surface area contributed by atoms with Crippen molar-refractivity contribution in [1.82, 2.24) is 0 Å². The predicted octanol–water partition coefficient (Wildman–Crippen LogP) is 3.44. The highest BCUT2D eigenvalue weighted by Crippen LogP contribution is 2.38. The highest BCUT2D eigenvalue weighted by atomic mass is 35.5. The predicted molar refractivity (Wildman–Crippen MR) is 92.3 cm³/mol. The molecule has 24 heavy (non-hydrogen) atoms. The Morgan fingerprint density at radius 3 is 2.50 bits per heavy atom. The van der Waals surface area contributed by atoms with Gasteiger partial charge in [0.2, 0.25) is 0 Å². The number of benzene rings is 2. The molecule has 1 N–H and O–H groups in total. The Morgan fingerprint density at radius 2 is 1.88 bits per heavy atom. The molecule has 0 aromatic heterocycles. The topological polar surface area (TPSA) is 59.0 Å². The summed E-state index contributed by atoms with van der Waals surface area (Å²) in [4.78, 5) is 14.8. The van der Waals surface area contributed by atoms with Gasteiger partial charge in [-0.15, -0.1) is 0 Å². The van der Waals surface area contributed by atoms with Gasteiger partial charge in [-0.25, -0.2) is 0 Å². The number of rotatable bonds is 3. The van der Waals surface area contributed by atoms with Gasteiger partial charge in [-0.05, 0) is 36.8 Å². The van der Waals surface area contributed by atoms with Gasteiger partial charge in [0.25, 0.3) is 5.91 Å². The van der Waals surface area contributed by atoms with Crippen molar-refractivity contribution in [1.29, 1.82) is 0 Å². The summed E-state index contributed by atoms with van der Waals surface area (Å²) in [6.45, 7) is 0.399. The van der Waals surface area contributed by atoms with Crippen LogP contribution in [0, 0.1) is 0 Å². The van der Waals surface area contributed by atoms with Crippen LogP contribution in [0.2, 0.25) is 5.02 Å². The van der Waals surface area contributed by atoms with Gasteiger partial charge in [0.05, 0.1) is 20.3 Å². The average molecular weight is 348 g/mol. The number of hydrogen-bond acceptors (Lipinski definition) is 4. The second-order valence-electron chi connectivity index (χ2n) is 5.50. The molecule has 6 heteroatoms. The summed E-state index contributed by atoms with van der Waals surface area (Å²) in [5, 5.41) is 10.7. The number of carbonyl (C=O) groups excluding carboxylic acids is 1. The molecule has 0 bridgehead atoms. The molecule has 0 aliphatic carbocycles. The maximum atomic E-state index is 13.2. The van der Waals surface area contributed by atoms with Crippen molar-refractivity contribution in [3.63, 3.8) is 0 Å². The minimum atomic E-state index is -0.637. The summed E-state index contributed by atoms with van der Waals surface area (Å²) < 4.78 is 10.7. The zero-order chi connectivity index (χ0) is 17.3. The maximum Gasteiger partial charge on any atom is 0.265 e. The largest absolute Gasteiger partial charge is 0.496 e. The standard InChI is InChI=1S/C18H18ClNO4/c1-23-15-4-3-5-16(24-2)17(15)18(22)20-9-8-14(21)12-10-11(19)6-7-13(12)20/h3-7,10,14,21H,8-9H2,1-2H3.